The number of nitrogen functional groups attached to an aromatic ring is 1. The Balaban J connectivity index is 1.12. The number of carbonyl (C=O) groups is 1. The Kier molecular flexibility index (Phi) is 5.73. The van der Waals surface area contributed by atoms with Crippen molar-refractivity contribution in [2.45, 2.75) is 12.6 Å². The van der Waals surface area contributed by atoms with Gasteiger partial charge in [0.1, 0.15) is 23.0 Å². The number of ether oxygens (including phenoxy) is 1. The fraction of sp³-hybridized carbons (Fsp3) is 0.364. The van der Waals surface area contributed by atoms with Gasteiger partial charge < -0.3 is 10.5 Å². The minimum absolute atomic E-state index is 0.0123. The molecular weight excluding hydrogens is 426 g/mol. The van der Waals surface area contributed by atoms with Gasteiger partial charge >= 0.3 is 6.09 Å². The zero-order valence-electron chi connectivity index (χ0n) is 17.6. The minimum atomic E-state index is -0.323. The fourth-order valence-electron chi connectivity index (χ4n) is 4.25. The number of amidine groups is 1. The third-order valence-corrected chi connectivity index (χ3v) is 6.57. The molecule has 0 bridgehead atoms. The van der Waals surface area contributed by atoms with Crippen LogP contribution in [0.15, 0.2) is 42.5 Å². The Labute approximate surface area is 190 Å². The number of anilines is 1. The lowest BCUT2D eigenvalue weighted by Crippen LogP contribution is -2.48. The second-order valence-corrected chi connectivity index (χ2v) is 8.77. The number of hydrogen-bond acceptors (Lipinski definition) is 8. The standard InChI is InChI=1S/C22H25N7O2S/c23-21(24)16-2-4-17(5-3-16)29-14-18(31-22(29)30)13-28-9-7-27(8-10-28)12-15-1-6-19-20(11-15)26-32-25-19/h1-6,11,18H,7-10,12-14H2,(H3,23,24). The van der Waals surface area contributed by atoms with Crippen LogP contribution in [0, 0.1) is 5.41 Å². The van der Waals surface area contributed by atoms with E-state index in [1.165, 1.54) is 17.3 Å². The molecule has 1 aromatic heterocycles. The number of rotatable bonds is 6. The Morgan fingerprint density at radius 3 is 2.53 bits per heavy atom. The van der Waals surface area contributed by atoms with E-state index in [0.717, 1.165) is 56.0 Å². The first-order chi connectivity index (χ1) is 15.5. The average Bonchev–Trinajstić information content (AvgIpc) is 3.41. The number of carbonyl (C=O) groups excluding carboxylic acids is 1. The molecule has 1 atom stereocenters. The molecule has 2 fully saturated rings. The van der Waals surface area contributed by atoms with Crippen LogP contribution in [0.25, 0.3) is 11.0 Å². The number of fused-ring (bicyclic) bond motifs is 1. The number of nitrogens with one attached hydrogen (secondary N) is 1. The molecule has 0 aliphatic carbocycles. The van der Waals surface area contributed by atoms with Crippen LogP contribution in [0.2, 0.25) is 0 Å². The molecule has 0 saturated carbocycles. The van der Waals surface area contributed by atoms with Crippen LogP contribution in [-0.4, -0.2) is 75.8 Å². The van der Waals surface area contributed by atoms with Crippen molar-refractivity contribution in [2.75, 3.05) is 44.2 Å². The third kappa shape index (κ3) is 4.43. The fourth-order valence-corrected chi connectivity index (χ4v) is 4.77. The summed E-state index contributed by atoms with van der Waals surface area (Å²) in [5.41, 5.74) is 10.1. The van der Waals surface area contributed by atoms with Crippen LogP contribution in [0.4, 0.5) is 10.5 Å². The summed E-state index contributed by atoms with van der Waals surface area (Å²) < 4.78 is 14.2. The summed E-state index contributed by atoms with van der Waals surface area (Å²) >= 11 is 1.25. The van der Waals surface area contributed by atoms with Gasteiger partial charge in [0.2, 0.25) is 0 Å². The van der Waals surface area contributed by atoms with E-state index in [1.54, 1.807) is 29.2 Å². The van der Waals surface area contributed by atoms with E-state index in [2.05, 4.69) is 30.7 Å². The SMILES string of the molecule is N=C(N)c1ccc(N2CC(CN3CCN(Cc4ccc5nsnc5c4)CC3)OC2=O)cc1. The molecule has 2 aromatic carbocycles. The highest BCUT2D eigenvalue weighted by atomic mass is 32.1. The molecule has 166 valence electrons. The predicted molar refractivity (Wildman–Crippen MR) is 124 cm³/mol. The largest absolute Gasteiger partial charge is 0.443 e. The smallest absolute Gasteiger partial charge is 0.414 e. The molecular formula is C22H25N7O2S. The van der Waals surface area contributed by atoms with Gasteiger partial charge in [-0.1, -0.05) is 6.07 Å². The maximum absolute atomic E-state index is 12.4. The van der Waals surface area contributed by atoms with Gasteiger partial charge in [0, 0.05) is 50.5 Å². The molecule has 5 rings (SSSR count). The summed E-state index contributed by atoms with van der Waals surface area (Å²) in [4.78, 5) is 18.8. The lowest BCUT2D eigenvalue weighted by molar-refractivity contribution is 0.0747. The zero-order chi connectivity index (χ0) is 22.1. The van der Waals surface area contributed by atoms with Crippen LogP contribution in [0.3, 0.4) is 0 Å². The average molecular weight is 452 g/mol. The summed E-state index contributed by atoms with van der Waals surface area (Å²) in [5, 5.41) is 7.49. The van der Waals surface area contributed by atoms with Crippen molar-refractivity contribution >= 4 is 40.4 Å². The molecule has 2 aliphatic heterocycles. The van der Waals surface area contributed by atoms with Crippen LogP contribution >= 0.6 is 11.7 Å². The first-order valence-electron chi connectivity index (χ1n) is 10.6. The third-order valence-electron chi connectivity index (χ3n) is 6.02. The molecule has 1 unspecified atom stereocenters. The van der Waals surface area contributed by atoms with Gasteiger partial charge in [-0.15, -0.1) is 0 Å². The van der Waals surface area contributed by atoms with Crippen molar-refractivity contribution in [1.82, 2.24) is 18.5 Å². The van der Waals surface area contributed by atoms with Crippen LogP contribution in [-0.2, 0) is 11.3 Å². The Hall–Kier alpha value is -3.08. The lowest BCUT2D eigenvalue weighted by atomic mass is 10.1. The number of aromatic nitrogens is 2. The molecule has 0 spiro atoms. The number of nitrogens with two attached hydrogens (primary N) is 1. The molecule has 2 aliphatic rings. The Bertz CT molecular complexity index is 1120. The van der Waals surface area contributed by atoms with E-state index in [1.807, 2.05) is 6.07 Å². The zero-order valence-corrected chi connectivity index (χ0v) is 18.4. The lowest BCUT2D eigenvalue weighted by Gasteiger charge is -2.35. The van der Waals surface area contributed by atoms with Crippen molar-refractivity contribution < 1.29 is 9.53 Å². The first kappa shape index (κ1) is 20.8. The number of cyclic esters (lactones) is 1. The predicted octanol–water partition coefficient (Wildman–Crippen LogP) is 2.12. The van der Waals surface area contributed by atoms with Crippen molar-refractivity contribution in [3.8, 4) is 0 Å². The summed E-state index contributed by atoms with van der Waals surface area (Å²) in [6.45, 7) is 6.01. The number of nitrogens with zero attached hydrogens (tertiary/aromatic N) is 5. The molecule has 1 amide bonds. The van der Waals surface area contributed by atoms with E-state index in [9.17, 15) is 4.79 Å². The second-order valence-electron chi connectivity index (χ2n) is 8.24. The quantitative estimate of drug-likeness (QED) is 0.436. The van der Waals surface area contributed by atoms with Gasteiger partial charge in [-0.25, -0.2) is 4.79 Å². The molecule has 3 heterocycles. The van der Waals surface area contributed by atoms with Crippen molar-refractivity contribution in [1.29, 1.82) is 5.41 Å². The molecule has 9 nitrogen and oxygen atoms in total. The highest BCUT2D eigenvalue weighted by Crippen LogP contribution is 2.23. The van der Waals surface area contributed by atoms with Crippen LogP contribution < -0.4 is 10.6 Å². The molecule has 2 saturated heterocycles. The highest BCUT2D eigenvalue weighted by molar-refractivity contribution is 7.00. The molecule has 3 aromatic rings. The molecule has 10 heteroatoms. The number of hydrogen-bond donors (Lipinski definition) is 2. The van der Waals surface area contributed by atoms with Crippen LogP contribution in [0.5, 0.6) is 0 Å². The molecule has 0 radical (unpaired) electrons. The van der Waals surface area contributed by atoms with E-state index < -0.39 is 0 Å². The maximum atomic E-state index is 12.4. The van der Waals surface area contributed by atoms with Crippen molar-refractivity contribution in [2.24, 2.45) is 5.73 Å². The topological polar surface area (TPSA) is 112 Å². The van der Waals surface area contributed by atoms with E-state index in [-0.39, 0.29) is 18.0 Å². The van der Waals surface area contributed by atoms with Gasteiger partial charge in [-0.05, 0) is 42.0 Å². The maximum Gasteiger partial charge on any atom is 0.414 e. The summed E-state index contributed by atoms with van der Waals surface area (Å²) in [6, 6.07) is 13.4. The highest BCUT2D eigenvalue weighted by Gasteiger charge is 2.34. The van der Waals surface area contributed by atoms with E-state index in [4.69, 9.17) is 15.9 Å². The van der Waals surface area contributed by atoms with Gasteiger partial charge in [0.05, 0.1) is 18.3 Å². The van der Waals surface area contributed by atoms with Crippen molar-refractivity contribution in [3.05, 3.63) is 53.6 Å². The van der Waals surface area contributed by atoms with Crippen molar-refractivity contribution in [3.63, 3.8) is 0 Å². The van der Waals surface area contributed by atoms with Gasteiger partial charge in [-0.3, -0.25) is 20.1 Å². The monoisotopic (exact) mass is 451 g/mol. The Morgan fingerprint density at radius 2 is 1.78 bits per heavy atom. The normalized spacial score (nSPS) is 20.1. The first-order valence-corrected chi connectivity index (χ1v) is 11.4. The van der Waals surface area contributed by atoms with Gasteiger partial charge in [0.25, 0.3) is 0 Å². The summed E-state index contributed by atoms with van der Waals surface area (Å²) in [7, 11) is 0. The number of piperazine rings is 1. The van der Waals surface area contributed by atoms with Gasteiger partial charge in [0.15, 0.2) is 0 Å². The molecule has 32 heavy (non-hydrogen) atoms. The van der Waals surface area contributed by atoms with Crippen LogP contribution in [0.1, 0.15) is 11.1 Å². The number of benzene rings is 2. The minimum Gasteiger partial charge on any atom is -0.443 e. The summed E-state index contributed by atoms with van der Waals surface area (Å²) in [5.74, 6) is 0.0123. The van der Waals surface area contributed by atoms with E-state index >= 15 is 0 Å². The second kappa shape index (κ2) is 8.81. The summed E-state index contributed by atoms with van der Waals surface area (Å²) in [6.07, 6.45) is -0.475. The van der Waals surface area contributed by atoms with E-state index in [0.29, 0.717) is 12.1 Å². The molecule has 3 N–H and O–H groups in total. The number of amides is 1. The van der Waals surface area contributed by atoms with Gasteiger partial charge in [-0.2, -0.15) is 8.75 Å². The Morgan fingerprint density at radius 1 is 1.06 bits per heavy atom.